The Morgan fingerprint density at radius 1 is 0.930 bits per heavy atom. The van der Waals surface area contributed by atoms with Crippen molar-refractivity contribution < 1.29 is 23.1 Å². The number of carbonyl (C=O) groups excluding carboxylic acids is 1. The molecular formula is C33H32ClN3O5S. The van der Waals surface area contributed by atoms with Crippen molar-refractivity contribution in [2.45, 2.75) is 30.0 Å². The highest BCUT2D eigenvalue weighted by Gasteiger charge is 2.25. The van der Waals surface area contributed by atoms with E-state index in [1.807, 2.05) is 54.6 Å². The molecule has 0 aliphatic rings. The first-order chi connectivity index (χ1) is 20.8. The van der Waals surface area contributed by atoms with Crippen LogP contribution in [0.25, 0.3) is 10.9 Å². The Bertz CT molecular complexity index is 1830. The van der Waals surface area contributed by atoms with E-state index in [1.54, 1.807) is 43.5 Å². The molecule has 10 heteroatoms. The molecule has 1 amide bonds. The number of carbonyl (C=O) groups is 1. The highest BCUT2D eigenvalue weighted by Crippen LogP contribution is 2.26. The number of ether oxygens (including phenoxy) is 1. The number of nitrogens with zero attached hydrogens (tertiary/aromatic N) is 1. The molecule has 5 aromatic rings. The predicted molar refractivity (Wildman–Crippen MR) is 168 cm³/mol. The molecule has 43 heavy (non-hydrogen) atoms. The summed E-state index contributed by atoms with van der Waals surface area (Å²) in [5.74, 6) is 0.328. The lowest BCUT2D eigenvalue weighted by atomic mass is 10.00. The molecule has 1 aromatic heterocycles. The van der Waals surface area contributed by atoms with Crippen LogP contribution < -0.4 is 15.4 Å². The smallest absolute Gasteiger partial charge is 0.268 e. The van der Waals surface area contributed by atoms with Crippen LogP contribution in [0.1, 0.15) is 21.5 Å². The summed E-state index contributed by atoms with van der Waals surface area (Å²) in [5, 5.41) is 18.3. The lowest BCUT2D eigenvalue weighted by Crippen LogP contribution is -2.48. The van der Waals surface area contributed by atoms with Gasteiger partial charge in [0.15, 0.2) is 0 Å². The van der Waals surface area contributed by atoms with Crippen LogP contribution >= 0.6 is 11.6 Å². The van der Waals surface area contributed by atoms with Gasteiger partial charge in [0.2, 0.25) is 0 Å². The summed E-state index contributed by atoms with van der Waals surface area (Å²) in [6.07, 6.45) is 0.910. The van der Waals surface area contributed by atoms with Gasteiger partial charge in [0.25, 0.3) is 15.9 Å². The van der Waals surface area contributed by atoms with Gasteiger partial charge in [-0.3, -0.25) is 4.79 Å². The highest BCUT2D eigenvalue weighted by atomic mass is 35.5. The Hall–Kier alpha value is -4.15. The van der Waals surface area contributed by atoms with Crippen LogP contribution in [0.2, 0.25) is 5.02 Å². The SMILES string of the molecule is COc1cccc(CNC[C@@H](O)[C@H](Cc2ccccc2)NC(=O)c2cccc3c2ccn3S(=O)(=O)c2cccc(Cl)c2)c1. The third-order valence-corrected chi connectivity index (χ3v) is 9.11. The van der Waals surface area contributed by atoms with Gasteiger partial charge in [-0.1, -0.05) is 66.2 Å². The minimum absolute atomic E-state index is 0.0415. The van der Waals surface area contributed by atoms with Gasteiger partial charge < -0.3 is 20.5 Å². The van der Waals surface area contributed by atoms with Crippen molar-refractivity contribution in [3.8, 4) is 5.75 Å². The van der Waals surface area contributed by atoms with E-state index in [2.05, 4.69) is 10.6 Å². The minimum Gasteiger partial charge on any atom is -0.497 e. The Balaban J connectivity index is 1.37. The van der Waals surface area contributed by atoms with Crippen LogP contribution in [0.15, 0.2) is 114 Å². The van der Waals surface area contributed by atoms with E-state index in [1.165, 1.54) is 18.3 Å². The second kappa shape index (κ2) is 13.4. The summed E-state index contributed by atoms with van der Waals surface area (Å²) < 4.78 is 33.2. The maximum atomic E-state index is 13.7. The Labute approximate surface area is 255 Å². The second-order valence-electron chi connectivity index (χ2n) is 10.1. The molecule has 8 nitrogen and oxygen atoms in total. The van der Waals surface area contributed by atoms with E-state index in [0.29, 0.717) is 34.5 Å². The zero-order valence-corrected chi connectivity index (χ0v) is 25.1. The first-order valence-corrected chi connectivity index (χ1v) is 15.6. The summed E-state index contributed by atoms with van der Waals surface area (Å²) in [5.41, 5.74) is 2.61. The van der Waals surface area contributed by atoms with Crippen molar-refractivity contribution in [3.05, 3.63) is 131 Å². The topological polar surface area (TPSA) is 110 Å². The molecule has 0 fully saturated rings. The molecule has 0 radical (unpaired) electrons. The van der Waals surface area contributed by atoms with E-state index < -0.39 is 28.1 Å². The fourth-order valence-corrected chi connectivity index (χ4v) is 6.63. The summed E-state index contributed by atoms with van der Waals surface area (Å²) in [4.78, 5) is 13.7. The van der Waals surface area contributed by atoms with Gasteiger partial charge in [-0.25, -0.2) is 12.4 Å². The number of amides is 1. The molecule has 3 N–H and O–H groups in total. The number of benzene rings is 4. The Morgan fingerprint density at radius 2 is 1.67 bits per heavy atom. The molecule has 5 rings (SSSR count). The fraction of sp³-hybridized carbons (Fsp3) is 0.182. The lowest BCUT2D eigenvalue weighted by Gasteiger charge is -2.25. The predicted octanol–water partition coefficient (Wildman–Crippen LogP) is 5.03. The quantitative estimate of drug-likeness (QED) is 0.181. The molecule has 0 saturated carbocycles. The molecule has 1 heterocycles. The van der Waals surface area contributed by atoms with Crippen LogP contribution in [0, 0.1) is 0 Å². The Morgan fingerprint density at radius 3 is 2.44 bits per heavy atom. The number of fused-ring (bicyclic) bond motifs is 1. The third kappa shape index (κ3) is 7.09. The molecule has 2 atom stereocenters. The molecular weight excluding hydrogens is 586 g/mol. The van der Waals surface area contributed by atoms with Crippen LogP contribution in [-0.2, 0) is 23.0 Å². The van der Waals surface area contributed by atoms with E-state index in [9.17, 15) is 18.3 Å². The molecule has 0 spiro atoms. The molecule has 0 aliphatic carbocycles. The fourth-order valence-electron chi connectivity index (χ4n) is 4.98. The van der Waals surface area contributed by atoms with Crippen LogP contribution in [0.4, 0.5) is 0 Å². The molecule has 0 unspecified atom stereocenters. The number of rotatable bonds is 12. The average Bonchev–Trinajstić information content (AvgIpc) is 3.47. The standard InChI is InChI=1S/C33H32ClN3O5S/c1-42-26-12-5-10-24(18-26)21-35-22-32(38)30(19-23-8-3-2-4-9-23)36-33(39)29-14-7-15-31-28(29)16-17-37(31)43(40,41)27-13-6-11-25(34)20-27/h2-18,20,30,32,35,38H,19,21-22H2,1H3,(H,36,39)/t30-,32+/m0/s1. The van der Waals surface area contributed by atoms with Crippen molar-refractivity contribution in [2.24, 2.45) is 0 Å². The second-order valence-corrected chi connectivity index (χ2v) is 12.4. The van der Waals surface area contributed by atoms with Crippen molar-refractivity contribution >= 4 is 38.4 Å². The number of aliphatic hydroxyl groups excluding tert-OH is 1. The lowest BCUT2D eigenvalue weighted by molar-refractivity contribution is 0.0831. The van der Waals surface area contributed by atoms with Crippen molar-refractivity contribution in [2.75, 3.05) is 13.7 Å². The highest BCUT2D eigenvalue weighted by molar-refractivity contribution is 7.90. The van der Waals surface area contributed by atoms with Crippen molar-refractivity contribution in [1.82, 2.24) is 14.6 Å². The Kier molecular flexibility index (Phi) is 9.47. The van der Waals surface area contributed by atoms with Crippen molar-refractivity contribution in [1.29, 1.82) is 0 Å². The summed E-state index contributed by atoms with van der Waals surface area (Å²) in [7, 11) is -2.35. The van der Waals surface area contributed by atoms with Gasteiger partial charge >= 0.3 is 0 Å². The minimum atomic E-state index is -3.96. The number of halogens is 1. The number of aromatic nitrogens is 1. The largest absolute Gasteiger partial charge is 0.497 e. The first-order valence-electron chi connectivity index (χ1n) is 13.7. The van der Waals surface area contributed by atoms with Crippen molar-refractivity contribution in [3.63, 3.8) is 0 Å². The van der Waals surface area contributed by atoms with E-state index >= 15 is 0 Å². The summed E-state index contributed by atoms with van der Waals surface area (Å²) >= 11 is 6.05. The van der Waals surface area contributed by atoms with Gasteiger partial charge in [-0.05, 0) is 66.1 Å². The molecule has 0 bridgehead atoms. The van der Waals surface area contributed by atoms with E-state index in [0.717, 1.165) is 20.8 Å². The zero-order chi connectivity index (χ0) is 30.4. The van der Waals surface area contributed by atoms with Gasteiger partial charge in [0.05, 0.1) is 29.7 Å². The van der Waals surface area contributed by atoms with Crippen LogP contribution in [-0.4, -0.2) is 49.2 Å². The summed E-state index contributed by atoms with van der Waals surface area (Å²) in [6.45, 7) is 0.738. The average molecular weight is 618 g/mol. The van der Waals surface area contributed by atoms with E-state index in [4.69, 9.17) is 16.3 Å². The maximum absolute atomic E-state index is 13.7. The van der Waals surface area contributed by atoms with Crippen LogP contribution in [0.5, 0.6) is 5.75 Å². The zero-order valence-electron chi connectivity index (χ0n) is 23.5. The number of hydrogen-bond acceptors (Lipinski definition) is 6. The normalized spacial score (nSPS) is 13.0. The maximum Gasteiger partial charge on any atom is 0.268 e. The monoisotopic (exact) mass is 617 g/mol. The number of hydrogen-bond donors (Lipinski definition) is 3. The number of methoxy groups -OCH3 is 1. The molecule has 222 valence electrons. The van der Waals surface area contributed by atoms with Gasteiger partial charge in [0, 0.05) is 35.3 Å². The third-order valence-electron chi connectivity index (χ3n) is 7.19. The molecule has 4 aromatic carbocycles. The van der Waals surface area contributed by atoms with Gasteiger partial charge in [0.1, 0.15) is 5.75 Å². The number of nitrogens with one attached hydrogen (secondary N) is 2. The van der Waals surface area contributed by atoms with E-state index in [-0.39, 0.29) is 11.4 Å². The first kappa shape index (κ1) is 30.3. The number of aliphatic hydroxyl groups is 1. The molecule has 0 aliphatic heterocycles. The van der Waals surface area contributed by atoms with Crippen LogP contribution in [0.3, 0.4) is 0 Å². The van der Waals surface area contributed by atoms with Gasteiger partial charge in [-0.15, -0.1) is 0 Å². The molecule has 0 saturated heterocycles. The summed E-state index contributed by atoms with van der Waals surface area (Å²) in [6, 6.07) is 29.2. The van der Waals surface area contributed by atoms with Gasteiger partial charge in [-0.2, -0.15) is 0 Å².